The third-order valence-corrected chi connectivity index (χ3v) is 2.57. The summed E-state index contributed by atoms with van der Waals surface area (Å²) in [6.07, 6.45) is 0. The van der Waals surface area contributed by atoms with Crippen molar-refractivity contribution in [1.82, 2.24) is 0 Å². The van der Waals surface area contributed by atoms with Gasteiger partial charge in [-0.15, -0.1) is 0 Å². The standard InChI is InChI=1S/C8H11OP/c1-6-3-4-7(9)5-8(6)10-2/h3-5,9-10H,1-2H3. The van der Waals surface area contributed by atoms with Gasteiger partial charge in [-0.05, 0) is 36.6 Å². The molecule has 0 aliphatic rings. The third kappa shape index (κ3) is 1.48. The van der Waals surface area contributed by atoms with Crippen LogP contribution in [0, 0.1) is 6.92 Å². The molecule has 0 heterocycles. The van der Waals surface area contributed by atoms with E-state index in [1.54, 1.807) is 6.07 Å². The number of benzene rings is 1. The molecule has 0 spiro atoms. The van der Waals surface area contributed by atoms with E-state index in [2.05, 4.69) is 13.6 Å². The van der Waals surface area contributed by atoms with Crippen molar-refractivity contribution in [3.8, 4) is 5.75 Å². The van der Waals surface area contributed by atoms with Gasteiger partial charge in [-0.25, -0.2) is 0 Å². The van der Waals surface area contributed by atoms with Crippen LogP contribution in [-0.4, -0.2) is 11.8 Å². The first-order chi connectivity index (χ1) is 4.74. The molecule has 1 rings (SSSR count). The van der Waals surface area contributed by atoms with Gasteiger partial charge in [0.1, 0.15) is 5.75 Å². The van der Waals surface area contributed by atoms with E-state index in [4.69, 9.17) is 5.11 Å². The Morgan fingerprint density at radius 1 is 1.40 bits per heavy atom. The molecule has 0 radical (unpaired) electrons. The smallest absolute Gasteiger partial charge is 0.116 e. The van der Waals surface area contributed by atoms with E-state index in [-0.39, 0.29) is 0 Å². The Balaban J connectivity index is 3.09. The molecular formula is C8H11OP. The first-order valence-electron chi connectivity index (χ1n) is 3.21. The highest BCUT2D eigenvalue weighted by Crippen LogP contribution is 2.14. The van der Waals surface area contributed by atoms with Crippen molar-refractivity contribution in [1.29, 1.82) is 0 Å². The second-order valence-electron chi connectivity index (χ2n) is 2.25. The Hall–Kier alpha value is -0.550. The second-order valence-corrected chi connectivity index (χ2v) is 3.29. The van der Waals surface area contributed by atoms with Gasteiger partial charge in [0.05, 0.1) is 0 Å². The van der Waals surface area contributed by atoms with E-state index >= 15 is 0 Å². The van der Waals surface area contributed by atoms with Crippen LogP contribution in [0.1, 0.15) is 5.56 Å². The summed E-state index contributed by atoms with van der Waals surface area (Å²) in [7, 11) is 0.765. The third-order valence-electron chi connectivity index (χ3n) is 1.49. The Labute approximate surface area is 62.9 Å². The maximum atomic E-state index is 9.07. The number of phenols is 1. The van der Waals surface area contributed by atoms with Gasteiger partial charge in [0.15, 0.2) is 0 Å². The molecule has 54 valence electrons. The average molecular weight is 154 g/mol. The molecule has 0 fully saturated rings. The zero-order valence-corrected chi connectivity index (χ0v) is 7.18. The van der Waals surface area contributed by atoms with E-state index in [0.29, 0.717) is 5.75 Å². The molecule has 0 aromatic heterocycles. The number of rotatable bonds is 1. The van der Waals surface area contributed by atoms with Crippen LogP contribution in [0.15, 0.2) is 18.2 Å². The highest BCUT2D eigenvalue weighted by molar-refractivity contribution is 7.46. The molecule has 1 unspecified atom stereocenters. The van der Waals surface area contributed by atoms with E-state index in [1.807, 2.05) is 12.1 Å². The van der Waals surface area contributed by atoms with Gasteiger partial charge in [0.25, 0.3) is 0 Å². The fraction of sp³-hybridized carbons (Fsp3) is 0.250. The first kappa shape index (κ1) is 7.56. The number of hydrogen-bond acceptors (Lipinski definition) is 1. The normalized spacial score (nSPS) is 11.0. The number of aromatic hydroxyl groups is 1. The van der Waals surface area contributed by atoms with Gasteiger partial charge >= 0.3 is 0 Å². The van der Waals surface area contributed by atoms with Gasteiger partial charge < -0.3 is 5.11 Å². The summed E-state index contributed by atoms with van der Waals surface area (Å²) in [5.74, 6) is 0.370. The van der Waals surface area contributed by atoms with Crippen LogP contribution in [0.4, 0.5) is 0 Å². The lowest BCUT2D eigenvalue weighted by Crippen LogP contribution is -1.97. The fourth-order valence-electron chi connectivity index (χ4n) is 0.879. The zero-order chi connectivity index (χ0) is 7.56. The summed E-state index contributed by atoms with van der Waals surface area (Å²) >= 11 is 0. The molecule has 0 aliphatic heterocycles. The lowest BCUT2D eigenvalue weighted by atomic mass is 10.2. The highest BCUT2D eigenvalue weighted by Gasteiger charge is 1.95. The average Bonchev–Trinajstić information content (AvgIpc) is 1.94. The maximum Gasteiger partial charge on any atom is 0.116 e. The van der Waals surface area contributed by atoms with Crippen molar-refractivity contribution >= 4 is 13.9 Å². The van der Waals surface area contributed by atoms with Crippen molar-refractivity contribution in [3.05, 3.63) is 23.8 Å². The predicted octanol–water partition coefficient (Wildman–Crippen LogP) is 1.63. The molecule has 1 aromatic rings. The first-order valence-corrected chi connectivity index (χ1v) is 4.71. The summed E-state index contributed by atoms with van der Waals surface area (Å²) in [5.41, 5.74) is 1.26. The van der Waals surface area contributed by atoms with Gasteiger partial charge in [-0.3, -0.25) is 0 Å². The molecule has 1 atom stereocenters. The molecule has 0 aliphatic carbocycles. The van der Waals surface area contributed by atoms with Crippen molar-refractivity contribution in [3.63, 3.8) is 0 Å². The van der Waals surface area contributed by atoms with E-state index in [0.717, 1.165) is 8.58 Å². The molecule has 10 heavy (non-hydrogen) atoms. The summed E-state index contributed by atoms with van der Waals surface area (Å²) in [6, 6.07) is 5.49. The monoisotopic (exact) mass is 154 g/mol. The van der Waals surface area contributed by atoms with Crippen LogP contribution in [0.2, 0.25) is 0 Å². The van der Waals surface area contributed by atoms with E-state index in [9.17, 15) is 0 Å². The zero-order valence-electron chi connectivity index (χ0n) is 6.18. The highest BCUT2D eigenvalue weighted by atomic mass is 31.1. The summed E-state index contributed by atoms with van der Waals surface area (Å²) in [4.78, 5) is 0. The molecule has 0 saturated heterocycles. The Morgan fingerprint density at radius 2 is 2.10 bits per heavy atom. The largest absolute Gasteiger partial charge is 0.508 e. The van der Waals surface area contributed by atoms with Gasteiger partial charge in [-0.2, -0.15) is 0 Å². The van der Waals surface area contributed by atoms with E-state index in [1.165, 1.54) is 10.9 Å². The number of phenolic OH excluding ortho intramolecular Hbond substituents is 1. The van der Waals surface area contributed by atoms with E-state index < -0.39 is 0 Å². The van der Waals surface area contributed by atoms with Crippen LogP contribution in [-0.2, 0) is 0 Å². The molecular weight excluding hydrogens is 143 g/mol. The molecule has 0 amide bonds. The summed E-state index contributed by atoms with van der Waals surface area (Å²) in [5, 5.41) is 10.3. The predicted molar refractivity (Wildman–Crippen MR) is 46.7 cm³/mol. The quantitative estimate of drug-likeness (QED) is 0.609. The van der Waals surface area contributed by atoms with Crippen LogP contribution in [0.3, 0.4) is 0 Å². The molecule has 2 heteroatoms. The summed E-state index contributed by atoms with van der Waals surface area (Å²) in [6.45, 7) is 4.17. The van der Waals surface area contributed by atoms with Gasteiger partial charge in [0, 0.05) is 0 Å². The minimum Gasteiger partial charge on any atom is -0.508 e. The minimum absolute atomic E-state index is 0.370. The van der Waals surface area contributed by atoms with Crippen molar-refractivity contribution in [2.45, 2.75) is 6.92 Å². The fourth-order valence-corrected chi connectivity index (χ4v) is 1.65. The Morgan fingerprint density at radius 3 is 2.60 bits per heavy atom. The number of aryl methyl sites for hydroxylation is 1. The summed E-state index contributed by atoms with van der Waals surface area (Å²) < 4.78 is 0. The SMILES string of the molecule is CPc1cc(O)ccc1C. The second kappa shape index (κ2) is 3.03. The van der Waals surface area contributed by atoms with Crippen LogP contribution in [0.5, 0.6) is 5.75 Å². The van der Waals surface area contributed by atoms with Crippen molar-refractivity contribution < 1.29 is 5.11 Å². The Bertz CT molecular complexity index is 233. The number of hydrogen-bond donors (Lipinski definition) is 1. The molecule has 0 saturated carbocycles. The van der Waals surface area contributed by atoms with Gasteiger partial charge in [0.2, 0.25) is 0 Å². The lowest BCUT2D eigenvalue weighted by Gasteiger charge is -2.01. The molecule has 1 nitrogen and oxygen atoms in total. The Kier molecular flexibility index (Phi) is 2.29. The lowest BCUT2D eigenvalue weighted by molar-refractivity contribution is 0.476. The van der Waals surface area contributed by atoms with Crippen LogP contribution >= 0.6 is 8.58 Å². The molecule has 1 N–H and O–H groups in total. The van der Waals surface area contributed by atoms with Gasteiger partial charge in [-0.1, -0.05) is 14.6 Å². The molecule has 0 bridgehead atoms. The van der Waals surface area contributed by atoms with Crippen LogP contribution < -0.4 is 5.30 Å². The molecule has 1 aromatic carbocycles. The topological polar surface area (TPSA) is 20.2 Å². The maximum absolute atomic E-state index is 9.07. The van der Waals surface area contributed by atoms with Crippen molar-refractivity contribution in [2.24, 2.45) is 0 Å². The minimum atomic E-state index is 0.370. The van der Waals surface area contributed by atoms with Crippen molar-refractivity contribution in [2.75, 3.05) is 6.66 Å². The van der Waals surface area contributed by atoms with Crippen LogP contribution in [0.25, 0.3) is 0 Å².